The van der Waals surface area contributed by atoms with Crippen LogP contribution < -0.4 is 10.4 Å². The summed E-state index contributed by atoms with van der Waals surface area (Å²) in [5, 5.41) is 13.5. The molecule has 0 aliphatic heterocycles. The highest BCUT2D eigenvalue weighted by molar-refractivity contribution is 6.38. The van der Waals surface area contributed by atoms with E-state index in [0.29, 0.717) is 0 Å². The molecule has 10 rings (SSSR count). The van der Waals surface area contributed by atoms with Crippen molar-refractivity contribution in [2.45, 2.75) is 6.42 Å². The number of fused-ring (bicyclic) bond motifs is 5. The number of benzene rings is 8. The first-order valence-corrected chi connectivity index (χ1v) is 15.2. The lowest BCUT2D eigenvalue weighted by atomic mass is 9.86. The first-order valence-electron chi connectivity index (χ1n) is 15.2. The van der Waals surface area contributed by atoms with E-state index < -0.39 is 0 Å². The average molecular weight is 543 g/mol. The summed E-state index contributed by atoms with van der Waals surface area (Å²) in [6.07, 6.45) is 0.886. The monoisotopic (exact) mass is 542 g/mol. The molecule has 198 valence electrons. The van der Waals surface area contributed by atoms with Crippen LogP contribution in [0.2, 0.25) is 0 Å². The number of allylic oxidation sites excluding steroid dienone is 2. The second-order valence-corrected chi connectivity index (χ2v) is 11.9. The Kier molecular flexibility index (Phi) is 4.59. The van der Waals surface area contributed by atoms with Crippen molar-refractivity contribution in [2.24, 2.45) is 0 Å². The predicted molar refractivity (Wildman–Crippen MR) is 183 cm³/mol. The molecule has 43 heavy (non-hydrogen) atoms. The molecule has 0 fully saturated rings. The molecule has 0 nitrogen and oxygen atoms in total. The predicted octanol–water partition coefficient (Wildman–Crippen LogP) is 9.46. The van der Waals surface area contributed by atoms with Crippen molar-refractivity contribution in [1.82, 2.24) is 0 Å². The molecule has 0 saturated heterocycles. The Balaban J connectivity index is 1.40. The van der Waals surface area contributed by atoms with Crippen LogP contribution in [-0.4, -0.2) is 0 Å². The summed E-state index contributed by atoms with van der Waals surface area (Å²) in [7, 11) is 0. The highest BCUT2D eigenvalue weighted by atomic mass is 14.3. The molecule has 0 aromatic heterocycles. The highest BCUT2D eigenvalue weighted by Crippen LogP contribution is 2.53. The molecule has 0 radical (unpaired) electrons. The van der Waals surface area contributed by atoms with Gasteiger partial charge in [0.2, 0.25) is 0 Å². The minimum absolute atomic E-state index is 0.886. The molecule has 0 saturated carbocycles. The maximum Gasteiger partial charge on any atom is -0.000110 e. The van der Waals surface area contributed by atoms with Crippen LogP contribution in [0.25, 0.3) is 65.4 Å². The van der Waals surface area contributed by atoms with Crippen LogP contribution in [0, 0.1) is 0 Å². The molecule has 0 heterocycles. The maximum absolute atomic E-state index is 2.42. The summed E-state index contributed by atoms with van der Waals surface area (Å²) in [5.41, 5.74) is 10.9. The first kappa shape index (κ1) is 23.1. The smallest absolute Gasteiger partial charge is 0.000110 e. The molecule has 0 spiro atoms. The zero-order valence-electron chi connectivity index (χ0n) is 23.6. The van der Waals surface area contributed by atoms with Crippen molar-refractivity contribution < 1.29 is 0 Å². The third-order valence-corrected chi connectivity index (χ3v) is 9.85. The second-order valence-electron chi connectivity index (χ2n) is 11.9. The highest BCUT2D eigenvalue weighted by Gasteiger charge is 2.31. The van der Waals surface area contributed by atoms with Gasteiger partial charge in [-0.2, -0.15) is 0 Å². The molecule has 8 aromatic carbocycles. The van der Waals surface area contributed by atoms with Crippen LogP contribution >= 0.6 is 0 Å². The Morgan fingerprint density at radius 3 is 1.60 bits per heavy atom. The van der Waals surface area contributed by atoms with E-state index in [0.717, 1.165) is 6.42 Å². The number of hydrogen-bond donors (Lipinski definition) is 0. The van der Waals surface area contributed by atoms with Gasteiger partial charge in [0.15, 0.2) is 0 Å². The molecule has 2 aliphatic carbocycles. The maximum atomic E-state index is 2.42. The van der Waals surface area contributed by atoms with Crippen LogP contribution in [0.1, 0.15) is 28.7 Å². The molecule has 0 heteroatoms. The van der Waals surface area contributed by atoms with E-state index in [-0.39, 0.29) is 0 Å². The summed E-state index contributed by atoms with van der Waals surface area (Å²) in [6, 6.07) is 54.2. The van der Waals surface area contributed by atoms with Crippen molar-refractivity contribution in [3.05, 3.63) is 178 Å². The van der Waals surface area contributed by atoms with E-state index in [1.807, 2.05) is 0 Å². The Labute approximate surface area is 249 Å². The van der Waals surface area contributed by atoms with Gasteiger partial charge in [0.1, 0.15) is 0 Å². The molecule has 0 bridgehead atoms. The third kappa shape index (κ3) is 3.05. The summed E-state index contributed by atoms with van der Waals surface area (Å²) in [5.74, 6) is 0. The average Bonchev–Trinajstić information content (AvgIpc) is 3.29. The molecule has 2 aliphatic rings. The molecule has 0 amide bonds. The largest absolute Gasteiger partial charge is 0.0622 e. The van der Waals surface area contributed by atoms with Crippen molar-refractivity contribution in [2.75, 3.05) is 0 Å². The van der Waals surface area contributed by atoms with Crippen LogP contribution in [0.4, 0.5) is 0 Å². The SMILES string of the molecule is c1ccc(C2=c3ccccc3=C(c3ccccc3)C3=C(C2)c2ccc4c5cccc6cccc(c7ccc3c2c47)c65)cc1. The van der Waals surface area contributed by atoms with Crippen molar-refractivity contribution >= 4 is 65.4 Å². The lowest BCUT2D eigenvalue weighted by molar-refractivity contribution is 1.36. The Hall–Kier alpha value is -5.46. The van der Waals surface area contributed by atoms with E-state index in [2.05, 4.69) is 146 Å². The second kappa shape index (κ2) is 8.53. The van der Waals surface area contributed by atoms with Crippen molar-refractivity contribution in [1.29, 1.82) is 0 Å². The van der Waals surface area contributed by atoms with Gasteiger partial charge >= 0.3 is 0 Å². The van der Waals surface area contributed by atoms with Gasteiger partial charge in [-0.25, -0.2) is 0 Å². The summed E-state index contributed by atoms with van der Waals surface area (Å²) < 4.78 is 0. The van der Waals surface area contributed by atoms with E-state index in [9.17, 15) is 0 Å². The molecule has 0 atom stereocenters. The van der Waals surface area contributed by atoms with Gasteiger partial charge in [-0.05, 0) is 104 Å². The topological polar surface area (TPSA) is 0 Å². The molecular formula is C43H26. The number of hydrogen-bond acceptors (Lipinski definition) is 0. The fraction of sp³-hybridized carbons (Fsp3) is 0.0233. The van der Waals surface area contributed by atoms with Crippen LogP contribution in [-0.2, 0) is 0 Å². The quantitative estimate of drug-likeness (QED) is 0.151. The van der Waals surface area contributed by atoms with Gasteiger partial charge in [0.05, 0.1) is 0 Å². The molecule has 8 aromatic rings. The molecule has 0 unspecified atom stereocenters. The van der Waals surface area contributed by atoms with Crippen LogP contribution in [0.5, 0.6) is 0 Å². The van der Waals surface area contributed by atoms with E-state index in [1.54, 1.807) is 0 Å². The van der Waals surface area contributed by atoms with Crippen molar-refractivity contribution in [3.63, 3.8) is 0 Å². The van der Waals surface area contributed by atoms with Gasteiger partial charge in [-0.1, -0.05) is 146 Å². The Bertz CT molecular complexity index is 2550. The van der Waals surface area contributed by atoms with Crippen LogP contribution in [0.15, 0.2) is 146 Å². The number of rotatable bonds is 2. The first-order chi connectivity index (χ1) is 21.4. The van der Waals surface area contributed by atoms with E-state index in [1.165, 1.54) is 98.1 Å². The lowest BCUT2D eigenvalue weighted by Crippen LogP contribution is -2.29. The third-order valence-electron chi connectivity index (χ3n) is 9.85. The normalized spacial score (nSPS) is 14.2. The summed E-state index contributed by atoms with van der Waals surface area (Å²) >= 11 is 0. The van der Waals surface area contributed by atoms with E-state index >= 15 is 0 Å². The fourth-order valence-corrected chi connectivity index (χ4v) is 8.13. The van der Waals surface area contributed by atoms with Crippen LogP contribution in [0.3, 0.4) is 0 Å². The van der Waals surface area contributed by atoms with Gasteiger partial charge < -0.3 is 0 Å². The minimum Gasteiger partial charge on any atom is -0.0622 e. The van der Waals surface area contributed by atoms with Crippen molar-refractivity contribution in [3.8, 4) is 0 Å². The fourth-order valence-electron chi connectivity index (χ4n) is 8.13. The van der Waals surface area contributed by atoms with E-state index in [4.69, 9.17) is 0 Å². The van der Waals surface area contributed by atoms with Gasteiger partial charge in [0, 0.05) is 0 Å². The standard InChI is InChI=1S/C43H26/c1-3-11-26(12-4-1)37-25-38-35-22-21-33-31-19-9-15-27-16-10-20-32(39(27)31)34-23-24-36(42(35)41(33)34)43(38)40(28-13-5-2-6-14-28)30-18-8-7-17-29(30)37/h1-24H,25H2. The van der Waals surface area contributed by atoms with Gasteiger partial charge in [-0.3, -0.25) is 0 Å². The molecular weight excluding hydrogens is 516 g/mol. The molecule has 0 N–H and O–H groups in total. The zero-order chi connectivity index (χ0) is 28.1. The Morgan fingerprint density at radius 1 is 0.326 bits per heavy atom. The lowest BCUT2D eigenvalue weighted by Gasteiger charge is -2.17. The minimum atomic E-state index is 0.886. The van der Waals surface area contributed by atoms with Gasteiger partial charge in [0.25, 0.3) is 0 Å². The summed E-state index contributed by atoms with van der Waals surface area (Å²) in [6.45, 7) is 0. The van der Waals surface area contributed by atoms with Gasteiger partial charge in [-0.15, -0.1) is 0 Å². The Morgan fingerprint density at radius 2 is 0.907 bits per heavy atom. The zero-order valence-corrected chi connectivity index (χ0v) is 23.6. The summed E-state index contributed by atoms with van der Waals surface area (Å²) in [4.78, 5) is 0.